The quantitative estimate of drug-likeness (QED) is 0.461. The summed E-state index contributed by atoms with van der Waals surface area (Å²) in [6.45, 7) is 5.86. The van der Waals surface area contributed by atoms with Gasteiger partial charge in [0.05, 0.1) is 38.7 Å². The number of carbonyl (C=O) groups is 1. The van der Waals surface area contributed by atoms with E-state index in [9.17, 15) is 13.2 Å². The number of aryl methyl sites for hydroxylation is 2. The molecule has 0 heterocycles. The Labute approximate surface area is 207 Å². The van der Waals surface area contributed by atoms with Crippen LogP contribution in [0.3, 0.4) is 0 Å². The van der Waals surface area contributed by atoms with Crippen molar-refractivity contribution in [3.05, 3.63) is 88.5 Å². The van der Waals surface area contributed by atoms with Crippen LogP contribution in [0, 0.1) is 13.8 Å². The Hall–Kier alpha value is -3.52. The molecule has 8 heteroatoms. The summed E-state index contributed by atoms with van der Waals surface area (Å²) < 4.78 is 37.3. The third-order valence-corrected chi connectivity index (χ3v) is 6.95. The normalized spacial score (nSPS) is 12.1. The highest BCUT2D eigenvalue weighted by molar-refractivity contribution is 7.92. The number of nitrogens with zero attached hydrogens (tertiary/aromatic N) is 1. The van der Waals surface area contributed by atoms with Crippen LogP contribution in [0.4, 0.5) is 5.69 Å². The smallest absolute Gasteiger partial charge is 0.251 e. The van der Waals surface area contributed by atoms with Crippen LogP contribution in [0.2, 0.25) is 0 Å². The van der Waals surface area contributed by atoms with E-state index in [0.29, 0.717) is 22.7 Å². The molecule has 0 aliphatic carbocycles. The highest BCUT2D eigenvalue weighted by atomic mass is 32.2. The summed E-state index contributed by atoms with van der Waals surface area (Å²) in [6.07, 6.45) is 1.20. The fourth-order valence-corrected chi connectivity index (χ4v) is 4.77. The lowest BCUT2D eigenvalue weighted by molar-refractivity contribution is 0.0939. The van der Waals surface area contributed by atoms with Gasteiger partial charge in [0.25, 0.3) is 5.91 Å². The minimum atomic E-state index is -3.51. The second-order valence-electron chi connectivity index (χ2n) is 8.56. The molecule has 0 radical (unpaired) electrons. The predicted octanol–water partition coefficient (Wildman–Crippen LogP) is 4.78. The Kier molecular flexibility index (Phi) is 8.07. The molecule has 3 rings (SSSR count). The average molecular weight is 497 g/mol. The molecule has 3 aromatic rings. The summed E-state index contributed by atoms with van der Waals surface area (Å²) in [7, 11) is -0.344. The molecule has 0 saturated carbocycles. The first-order valence-corrected chi connectivity index (χ1v) is 13.0. The topological polar surface area (TPSA) is 84.9 Å². The van der Waals surface area contributed by atoms with Crippen molar-refractivity contribution in [1.29, 1.82) is 0 Å². The zero-order valence-corrected chi connectivity index (χ0v) is 21.8. The van der Waals surface area contributed by atoms with Crippen molar-refractivity contribution in [3.8, 4) is 11.5 Å². The number of methoxy groups -OCH3 is 2. The number of anilines is 1. The molecule has 0 aromatic heterocycles. The van der Waals surface area contributed by atoms with Crippen molar-refractivity contribution in [1.82, 2.24) is 5.32 Å². The molecule has 0 spiro atoms. The summed E-state index contributed by atoms with van der Waals surface area (Å²) in [5.74, 6) is 1.08. The molecule has 1 N–H and O–H groups in total. The summed E-state index contributed by atoms with van der Waals surface area (Å²) in [4.78, 5) is 12.9. The zero-order valence-electron chi connectivity index (χ0n) is 21.0. The van der Waals surface area contributed by atoms with Crippen LogP contribution >= 0.6 is 0 Å². The van der Waals surface area contributed by atoms with Crippen LogP contribution in [-0.2, 0) is 16.6 Å². The van der Waals surface area contributed by atoms with Gasteiger partial charge in [-0.3, -0.25) is 9.10 Å². The molecule has 3 aromatic carbocycles. The molecule has 0 fully saturated rings. The van der Waals surface area contributed by atoms with Gasteiger partial charge in [0, 0.05) is 11.1 Å². The minimum Gasteiger partial charge on any atom is -0.497 e. The number of amides is 1. The molecule has 7 nitrogen and oxygen atoms in total. The maximum atomic E-state index is 12.9. The number of sulfonamides is 1. The van der Waals surface area contributed by atoms with Crippen LogP contribution < -0.4 is 19.1 Å². The molecule has 0 saturated heterocycles. The number of ether oxygens (including phenoxy) is 2. The van der Waals surface area contributed by atoms with Gasteiger partial charge in [-0.15, -0.1) is 0 Å². The van der Waals surface area contributed by atoms with E-state index in [2.05, 4.69) is 5.32 Å². The standard InChI is InChI=1S/C27H32N2O5S/c1-18-7-8-19(2)25(15-18)29(35(6,31)32)17-21-9-11-22(12-10-21)27(30)28-20(3)24-16-23(33-4)13-14-26(24)34-5/h7-16,20H,17H2,1-6H3,(H,28,30)/t20-/m0/s1. The highest BCUT2D eigenvalue weighted by Crippen LogP contribution is 2.30. The second kappa shape index (κ2) is 10.8. The molecule has 1 amide bonds. The second-order valence-corrected chi connectivity index (χ2v) is 10.5. The Balaban J connectivity index is 1.78. The summed E-state index contributed by atoms with van der Waals surface area (Å²) in [5, 5.41) is 2.98. The van der Waals surface area contributed by atoms with Gasteiger partial charge in [0.15, 0.2) is 0 Å². The average Bonchev–Trinajstić information content (AvgIpc) is 2.83. The maximum absolute atomic E-state index is 12.9. The van der Waals surface area contributed by atoms with Gasteiger partial charge in [-0.25, -0.2) is 8.42 Å². The van der Waals surface area contributed by atoms with Crippen molar-refractivity contribution < 1.29 is 22.7 Å². The van der Waals surface area contributed by atoms with E-state index in [1.165, 1.54) is 10.6 Å². The molecule has 186 valence electrons. The zero-order chi connectivity index (χ0) is 25.8. The Morgan fingerprint density at radius 3 is 2.26 bits per heavy atom. The number of carbonyl (C=O) groups excluding carboxylic acids is 1. The Bertz CT molecular complexity index is 1300. The largest absolute Gasteiger partial charge is 0.497 e. The van der Waals surface area contributed by atoms with E-state index >= 15 is 0 Å². The Morgan fingerprint density at radius 1 is 0.971 bits per heavy atom. The van der Waals surface area contributed by atoms with E-state index in [1.54, 1.807) is 50.6 Å². The van der Waals surface area contributed by atoms with E-state index in [-0.39, 0.29) is 18.5 Å². The van der Waals surface area contributed by atoms with Crippen molar-refractivity contribution in [2.75, 3.05) is 24.8 Å². The third-order valence-electron chi connectivity index (χ3n) is 5.83. The maximum Gasteiger partial charge on any atom is 0.251 e. The predicted molar refractivity (Wildman–Crippen MR) is 139 cm³/mol. The fraction of sp³-hybridized carbons (Fsp3) is 0.296. The summed E-state index contributed by atoms with van der Waals surface area (Å²) >= 11 is 0. The molecule has 0 unspecified atom stereocenters. The molecule has 1 atom stereocenters. The fourth-order valence-electron chi connectivity index (χ4n) is 3.83. The number of benzene rings is 3. The van der Waals surface area contributed by atoms with Crippen molar-refractivity contribution in [2.24, 2.45) is 0 Å². The number of nitrogens with one attached hydrogen (secondary N) is 1. The lowest BCUT2D eigenvalue weighted by atomic mass is 10.1. The van der Waals surface area contributed by atoms with Gasteiger partial charge in [0.2, 0.25) is 10.0 Å². The molecule has 0 bridgehead atoms. The first-order valence-electron chi connectivity index (χ1n) is 11.2. The highest BCUT2D eigenvalue weighted by Gasteiger charge is 2.21. The van der Waals surface area contributed by atoms with Crippen LogP contribution in [0.5, 0.6) is 11.5 Å². The lowest BCUT2D eigenvalue weighted by Gasteiger charge is -2.25. The van der Waals surface area contributed by atoms with Gasteiger partial charge in [-0.1, -0.05) is 24.3 Å². The van der Waals surface area contributed by atoms with E-state index in [4.69, 9.17) is 9.47 Å². The minimum absolute atomic E-state index is 0.169. The van der Waals surface area contributed by atoms with E-state index in [0.717, 1.165) is 22.3 Å². The number of rotatable bonds is 9. The van der Waals surface area contributed by atoms with Crippen molar-refractivity contribution in [2.45, 2.75) is 33.4 Å². The third kappa shape index (κ3) is 6.33. The van der Waals surface area contributed by atoms with Crippen molar-refractivity contribution >= 4 is 21.6 Å². The molecular formula is C27H32N2O5S. The first-order chi connectivity index (χ1) is 16.5. The molecular weight excluding hydrogens is 464 g/mol. The monoisotopic (exact) mass is 496 g/mol. The summed E-state index contributed by atoms with van der Waals surface area (Å²) in [5.41, 5.74) is 4.55. The lowest BCUT2D eigenvalue weighted by Crippen LogP contribution is -2.30. The van der Waals surface area contributed by atoms with Crippen LogP contribution in [-0.4, -0.2) is 34.8 Å². The number of hydrogen-bond donors (Lipinski definition) is 1. The van der Waals surface area contributed by atoms with Crippen molar-refractivity contribution in [3.63, 3.8) is 0 Å². The van der Waals surface area contributed by atoms with Crippen LogP contribution in [0.1, 0.15) is 45.6 Å². The van der Waals surface area contributed by atoms with Crippen LogP contribution in [0.15, 0.2) is 60.7 Å². The van der Waals surface area contributed by atoms with Gasteiger partial charge in [0.1, 0.15) is 11.5 Å². The van der Waals surface area contributed by atoms with Gasteiger partial charge >= 0.3 is 0 Å². The van der Waals surface area contributed by atoms with Gasteiger partial charge in [-0.05, 0) is 73.9 Å². The summed E-state index contributed by atoms with van der Waals surface area (Å²) in [6, 6.07) is 17.8. The molecule has 0 aliphatic heterocycles. The molecule has 0 aliphatic rings. The number of hydrogen-bond acceptors (Lipinski definition) is 5. The van der Waals surface area contributed by atoms with Gasteiger partial charge < -0.3 is 14.8 Å². The van der Waals surface area contributed by atoms with E-state index < -0.39 is 10.0 Å². The Morgan fingerprint density at radius 2 is 1.66 bits per heavy atom. The van der Waals surface area contributed by atoms with Crippen LogP contribution in [0.25, 0.3) is 0 Å². The first kappa shape index (κ1) is 26.1. The van der Waals surface area contributed by atoms with E-state index in [1.807, 2.05) is 45.0 Å². The SMILES string of the molecule is COc1ccc(OC)c([C@H](C)NC(=O)c2ccc(CN(c3cc(C)ccc3C)S(C)(=O)=O)cc2)c1. The van der Waals surface area contributed by atoms with Gasteiger partial charge in [-0.2, -0.15) is 0 Å². The molecule has 35 heavy (non-hydrogen) atoms.